The Morgan fingerprint density at radius 1 is 1.28 bits per heavy atom. The summed E-state index contributed by atoms with van der Waals surface area (Å²) in [6.45, 7) is 3.93. The standard InChI is InChI=1S/C11H12F3IO3/c1-3-16-6-17-9-5-8(18-11(12,13)14)4-7(2)10(9)15/h4-5H,3,6H2,1-2H3. The first kappa shape index (κ1) is 15.4. The molecular weight excluding hydrogens is 364 g/mol. The Kier molecular flexibility index (Phi) is 5.51. The summed E-state index contributed by atoms with van der Waals surface area (Å²) >= 11 is 1.99. The molecule has 0 heterocycles. The minimum absolute atomic E-state index is 0.0125. The highest BCUT2D eigenvalue weighted by atomic mass is 127. The molecule has 0 aliphatic carbocycles. The average molecular weight is 376 g/mol. The maximum Gasteiger partial charge on any atom is 0.573 e. The van der Waals surface area contributed by atoms with Crippen LogP contribution in [0, 0.1) is 10.5 Å². The molecule has 1 aromatic rings. The highest BCUT2D eigenvalue weighted by Crippen LogP contribution is 2.32. The van der Waals surface area contributed by atoms with E-state index in [4.69, 9.17) is 9.47 Å². The second kappa shape index (κ2) is 6.46. The highest BCUT2D eigenvalue weighted by molar-refractivity contribution is 14.1. The Morgan fingerprint density at radius 3 is 2.50 bits per heavy atom. The lowest BCUT2D eigenvalue weighted by Gasteiger charge is -2.14. The van der Waals surface area contributed by atoms with Crippen LogP contribution in [0.2, 0.25) is 0 Å². The van der Waals surface area contributed by atoms with E-state index in [1.165, 1.54) is 12.1 Å². The maximum atomic E-state index is 12.1. The molecule has 0 atom stereocenters. The third-order valence-electron chi connectivity index (χ3n) is 1.93. The van der Waals surface area contributed by atoms with Crippen molar-refractivity contribution in [1.82, 2.24) is 0 Å². The molecule has 0 aliphatic rings. The first-order valence-electron chi connectivity index (χ1n) is 5.10. The maximum absolute atomic E-state index is 12.1. The van der Waals surface area contributed by atoms with Crippen LogP contribution in [0.25, 0.3) is 0 Å². The Hall–Kier alpha value is -0.700. The summed E-state index contributed by atoms with van der Waals surface area (Å²) in [4.78, 5) is 0. The minimum Gasteiger partial charge on any atom is -0.466 e. The van der Waals surface area contributed by atoms with E-state index in [2.05, 4.69) is 4.74 Å². The number of halogens is 4. The number of hydrogen-bond acceptors (Lipinski definition) is 3. The van der Waals surface area contributed by atoms with Gasteiger partial charge in [0, 0.05) is 12.7 Å². The first-order valence-corrected chi connectivity index (χ1v) is 6.17. The molecule has 3 nitrogen and oxygen atoms in total. The normalized spacial score (nSPS) is 11.4. The van der Waals surface area contributed by atoms with E-state index in [0.717, 1.165) is 3.57 Å². The van der Waals surface area contributed by atoms with Crippen LogP contribution >= 0.6 is 22.6 Å². The van der Waals surface area contributed by atoms with E-state index in [9.17, 15) is 13.2 Å². The van der Waals surface area contributed by atoms with Gasteiger partial charge in [0.2, 0.25) is 0 Å². The second-order valence-corrected chi connectivity index (χ2v) is 4.43. The molecule has 0 radical (unpaired) electrons. The van der Waals surface area contributed by atoms with E-state index in [-0.39, 0.29) is 12.5 Å². The molecule has 0 saturated carbocycles. The van der Waals surface area contributed by atoms with Crippen molar-refractivity contribution >= 4 is 22.6 Å². The van der Waals surface area contributed by atoms with Crippen LogP contribution in [-0.2, 0) is 4.74 Å². The molecule has 0 unspecified atom stereocenters. The number of rotatable bonds is 5. The van der Waals surface area contributed by atoms with Crippen molar-refractivity contribution in [2.24, 2.45) is 0 Å². The third kappa shape index (κ3) is 4.89. The summed E-state index contributed by atoms with van der Waals surface area (Å²) in [7, 11) is 0. The van der Waals surface area contributed by atoms with Gasteiger partial charge in [-0.1, -0.05) is 0 Å². The molecule has 0 N–H and O–H groups in total. The lowest BCUT2D eigenvalue weighted by molar-refractivity contribution is -0.274. The number of benzene rings is 1. The van der Waals surface area contributed by atoms with Crippen molar-refractivity contribution in [2.75, 3.05) is 13.4 Å². The molecule has 0 aliphatic heterocycles. The summed E-state index contributed by atoms with van der Waals surface area (Å²) < 4.78 is 51.2. The van der Waals surface area contributed by atoms with Gasteiger partial charge in [-0.15, -0.1) is 13.2 Å². The van der Waals surface area contributed by atoms with Crippen LogP contribution < -0.4 is 9.47 Å². The number of alkyl halides is 3. The number of aryl methyl sites for hydroxylation is 1. The fourth-order valence-corrected chi connectivity index (χ4v) is 1.66. The van der Waals surface area contributed by atoms with Gasteiger partial charge in [0.25, 0.3) is 0 Å². The molecule has 102 valence electrons. The van der Waals surface area contributed by atoms with Gasteiger partial charge < -0.3 is 14.2 Å². The van der Waals surface area contributed by atoms with Gasteiger partial charge in [0.15, 0.2) is 6.79 Å². The highest BCUT2D eigenvalue weighted by Gasteiger charge is 2.31. The lowest BCUT2D eigenvalue weighted by Crippen LogP contribution is -2.17. The molecule has 18 heavy (non-hydrogen) atoms. The topological polar surface area (TPSA) is 27.7 Å². The van der Waals surface area contributed by atoms with Crippen LogP contribution in [0.5, 0.6) is 11.5 Å². The van der Waals surface area contributed by atoms with Crippen molar-refractivity contribution in [3.8, 4) is 11.5 Å². The van der Waals surface area contributed by atoms with Crippen LogP contribution in [0.15, 0.2) is 12.1 Å². The van der Waals surface area contributed by atoms with Crippen molar-refractivity contribution in [2.45, 2.75) is 20.2 Å². The Bertz CT molecular complexity index is 407. The molecule has 7 heteroatoms. The van der Waals surface area contributed by atoms with Crippen molar-refractivity contribution in [3.05, 3.63) is 21.3 Å². The van der Waals surface area contributed by atoms with Gasteiger partial charge in [0.05, 0.1) is 3.57 Å². The molecular formula is C11H12F3IO3. The number of ether oxygens (including phenoxy) is 3. The zero-order chi connectivity index (χ0) is 13.8. The largest absolute Gasteiger partial charge is 0.573 e. The van der Waals surface area contributed by atoms with Crippen LogP contribution in [0.3, 0.4) is 0 Å². The predicted octanol–water partition coefficient (Wildman–Crippen LogP) is 3.87. The molecule has 0 aromatic heterocycles. The summed E-state index contributed by atoms with van der Waals surface area (Å²) in [5.41, 5.74) is 0.642. The van der Waals surface area contributed by atoms with Crippen LogP contribution in [-0.4, -0.2) is 19.8 Å². The fraction of sp³-hybridized carbons (Fsp3) is 0.455. The quantitative estimate of drug-likeness (QED) is 0.444. The third-order valence-corrected chi connectivity index (χ3v) is 3.31. The van der Waals surface area contributed by atoms with Gasteiger partial charge in [0.1, 0.15) is 11.5 Å². The fourth-order valence-electron chi connectivity index (χ4n) is 1.19. The predicted molar refractivity (Wildman–Crippen MR) is 67.7 cm³/mol. The van der Waals surface area contributed by atoms with E-state index >= 15 is 0 Å². The molecule has 0 saturated heterocycles. The van der Waals surface area contributed by atoms with Gasteiger partial charge in [-0.3, -0.25) is 0 Å². The van der Waals surface area contributed by atoms with Crippen molar-refractivity contribution in [1.29, 1.82) is 0 Å². The first-order chi connectivity index (χ1) is 8.33. The molecule has 0 amide bonds. The Labute approximate surface area is 116 Å². The molecule has 0 bridgehead atoms. The zero-order valence-corrected chi connectivity index (χ0v) is 12.0. The molecule has 0 fully saturated rings. The summed E-state index contributed by atoms with van der Waals surface area (Å²) in [6, 6.07) is 2.50. The Balaban J connectivity index is 2.88. The molecule has 1 aromatic carbocycles. The van der Waals surface area contributed by atoms with Crippen molar-refractivity contribution < 1.29 is 27.4 Å². The van der Waals surface area contributed by atoms with Crippen LogP contribution in [0.4, 0.5) is 13.2 Å². The van der Waals surface area contributed by atoms with E-state index < -0.39 is 6.36 Å². The monoisotopic (exact) mass is 376 g/mol. The van der Waals surface area contributed by atoms with Gasteiger partial charge in [-0.2, -0.15) is 0 Å². The van der Waals surface area contributed by atoms with Crippen molar-refractivity contribution in [3.63, 3.8) is 0 Å². The summed E-state index contributed by atoms with van der Waals surface area (Å²) in [6.07, 6.45) is -4.71. The van der Waals surface area contributed by atoms with Gasteiger partial charge in [-0.25, -0.2) is 0 Å². The summed E-state index contributed by atoms with van der Waals surface area (Å²) in [5, 5.41) is 0. The lowest BCUT2D eigenvalue weighted by atomic mass is 10.2. The average Bonchev–Trinajstić information content (AvgIpc) is 2.23. The SMILES string of the molecule is CCOCOc1cc(OC(F)(F)F)cc(C)c1I. The molecule has 1 rings (SSSR count). The molecule has 0 spiro atoms. The second-order valence-electron chi connectivity index (χ2n) is 3.36. The Morgan fingerprint density at radius 2 is 1.94 bits per heavy atom. The minimum atomic E-state index is -4.71. The van der Waals surface area contributed by atoms with E-state index in [1.807, 2.05) is 22.6 Å². The zero-order valence-electron chi connectivity index (χ0n) is 9.81. The van der Waals surface area contributed by atoms with E-state index in [0.29, 0.717) is 17.9 Å². The van der Waals surface area contributed by atoms with Gasteiger partial charge in [-0.05, 0) is 48.1 Å². The summed E-state index contributed by atoms with van der Waals surface area (Å²) in [5.74, 6) is 0.00946. The van der Waals surface area contributed by atoms with E-state index in [1.54, 1.807) is 13.8 Å². The number of hydrogen-bond donors (Lipinski definition) is 0. The van der Waals surface area contributed by atoms with Gasteiger partial charge >= 0.3 is 6.36 Å². The smallest absolute Gasteiger partial charge is 0.466 e. The van der Waals surface area contributed by atoms with Crippen LogP contribution in [0.1, 0.15) is 12.5 Å².